The van der Waals surface area contributed by atoms with E-state index < -0.39 is 22.1 Å². The van der Waals surface area contributed by atoms with Crippen molar-refractivity contribution < 1.29 is 32.6 Å². The number of benzene rings is 1. The topological polar surface area (TPSA) is 126 Å². The number of sulfonamides is 1. The summed E-state index contributed by atoms with van der Waals surface area (Å²) in [5.74, 6) is -0.767. The van der Waals surface area contributed by atoms with Crippen molar-refractivity contribution in [2.45, 2.75) is 17.6 Å². The van der Waals surface area contributed by atoms with Crippen molar-refractivity contribution >= 4 is 16.0 Å². The van der Waals surface area contributed by atoms with Gasteiger partial charge in [0.2, 0.25) is 10.0 Å². The molecule has 8 nitrogen and oxygen atoms in total. The number of aliphatic hydroxyl groups excluding tert-OH is 1. The fraction of sp³-hybridized carbons (Fsp3) is 0.267. The molecule has 0 aliphatic heterocycles. The van der Waals surface area contributed by atoms with Crippen molar-refractivity contribution in [3.8, 4) is 0 Å². The first-order valence-corrected chi connectivity index (χ1v) is 8.48. The van der Waals surface area contributed by atoms with Crippen LogP contribution in [0.25, 0.3) is 0 Å². The monoisotopic (exact) mass is 355 g/mol. The molecule has 0 radical (unpaired) electrons. The average molecular weight is 355 g/mol. The Morgan fingerprint density at radius 1 is 1.25 bits per heavy atom. The summed E-state index contributed by atoms with van der Waals surface area (Å²) < 4.78 is 36.8. The van der Waals surface area contributed by atoms with E-state index in [0.717, 1.165) is 0 Å². The Balaban J connectivity index is 1.89. The predicted molar refractivity (Wildman–Crippen MR) is 83.0 cm³/mol. The van der Waals surface area contributed by atoms with Crippen LogP contribution in [0.15, 0.2) is 52.0 Å². The maximum absolute atomic E-state index is 12.2. The number of carboxylic acid groups (broad SMARTS) is 1. The Hall–Kier alpha value is -2.20. The van der Waals surface area contributed by atoms with Gasteiger partial charge in [-0.15, -0.1) is 0 Å². The molecule has 0 bridgehead atoms. The summed E-state index contributed by atoms with van der Waals surface area (Å²) >= 11 is 0. The minimum Gasteiger partial charge on any atom is -0.478 e. The molecule has 2 aromatic rings. The zero-order valence-corrected chi connectivity index (χ0v) is 13.4. The van der Waals surface area contributed by atoms with Gasteiger partial charge in [-0.05, 0) is 24.3 Å². The number of rotatable bonds is 9. The molecule has 1 unspecified atom stereocenters. The molecule has 1 atom stereocenters. The van der Waals surface area contributed by atoms with Crippen LogP contribution in [0, 0.1) is 0 Å². The van der Waals surface area contributed by atoms with E-state index in [0.29, 0.717) is 5.76 Å². The summed E-state index contributed by atoms with van der Waals surface area (Å²) in [6.07, 6.45) is 0.398. The van der Waals surface area contributed by atoms with Crippen LogP contribution in [0.2, 0.25) is 0 Å². The fourth-order valence-electron chi connectivity index (χ4n) is 1.91. The van der Waals surface area contributed by atoms with Crippen LogP contribution in [-0.2, 0) is 21.4 Å². The Labute approximate surface area is 138 Å². The van der Waals surface area contributed by atoms with E-state index in [-0.39, 0.29) is 30.2 Å². The highest BCUT2D eigenvalue weighted by molar-refractivity contribution is 7.89. The van der Waals surface area contributed by atoms with E-state index in [9.17, 15) is 18.3 Å². The van der Waals surface area contributed by atoms with Crippen molar-refractivity contribution in [3.05, 3.63) is 54.0 Å². The minimum absolute atomic E-state index is 0.107. The third kappa shape index (κ3) is 4.90. The lowest BCUT2D eigenvalue weighted by Gasteiger charge is -2.13. The summed E-state index contributed by atoms with van der Waals surface area (Å²) in [6, 6.07) is 8.64. The van der Waals surface area contributed by atoms with E-state index in [1.807, 2.05) is 0 Å². The van der Waals surface area contributed by atoms with Crippen LogP contribution < -0.4 is 4.72 Å². The number of furan rings is 1. The van der Waals surface area contributed by atoms with Crippen molar-refractivity contribution in [3.63, 3.8) is 0 Å². The summed E-state index contributed by atoms with van der Waals surface area (Å²) in [5.41, 5.74) is -0.339. The highest BCUT2D eigenvalue weighted by atomic mass is 32.2. The first-order chi connectivity index (χ1) is 11.4. The normalized spacial score (nSPS) is 12.9. The SMILES string of the molecule is O=C(O)c1ccccc1S(=O)(=O)NCC(O)COCc1ccco1. The van der Waals surface area contributed by atoms with Gasteiger partial charge in [-0.2, -0.15) is 0 Å². The maximum atomic E-state index is 12.2. The molecule has 0 aliphatic rings. The van der Waals surface area contributed by atoms with Crippen molar-refractivity contribution in [2.24, 2.45) is 0 Å². The molecule has 2 rings (SSSR count). The molecule has 1 heterocycles. The van der Waals surface area contributed by atoms with E-state index >= 15 is 0 Å². The second-order valence-electron chi connectivity index (χ2n) is 4.90. The highest BCUT2D eigenvalue weighted by Crippen LogP contribution is 2.15. The largest absolute Gasteiger partial charge is 0.478 e. The average Bonchev–Trinajstić information content (AvgIpc) is 3.06. The summed E-state index contributed by atoms with van der Waals surface area (Å²) in [7, 11) is -4.06. The Morgan fingerprint density at radius 3 is 2.67 bits per heavy atom. The number of carboxylic acids is 1. The number of aliphatic hydroxyl groups is 1. The Morgan fingerprint density at radius 2 is 2.00 bits per heavy atom. The van der Waals surface area contributed by atoms with E-state index in [1.54, 1.807) is 12.1 Å². The molecule has 1 aromatic heterocycles. The van der Waals surface area contributed by atoms with Crippen LogP contribution in [0.4, 0.5) is 0 Å². The van der Waals surface area contributed by atoms with Gasteiger partial charge in [0.15, 0.2) is 0 Å². The van der Waals surface area contributed by atoms with Crippen LogP contribution in [-0.4, -0.2) is 43.9 Å². The van der Waals surface area contributed by atoms with Gasteiger partial charge in [-0.1, -0.05) is 12.1 Å². The number of hydrogen-bond donors (Lipinski definition) is 3. The number of ether oxygens (including phenoxy) is 1. The minimum atomic E-state index is -4.06. The first kappa shape index (κ1) is 18.1. The molecule has 0 aliphatic carbocycles. The third-order valence-corrected chi connectivity index (χ3v) is 4.53. The Kier molecular flexibility index (Phi) is 6.10. The van der Waals surface area contributed by atoms with E-state index in [2.05, 4.69) is 4.72 Å². The van der Waals surface area contributed by atoms with Crippen LogP contribution in [0.1, 0.15) is 16.1 Å². The standard InChI is InChI=1S/C15H17NO7S/c17-11(9-22-10-12-4-3-7-23-12)8-16-24(20,21)14-6-2-1-5-13(14)15(18)19/h1-7,11,16-17H,8-10H2,(H,18,19). The number of nitrogens with one attached hydrogen (secondary N) is 1. The molecule has 1 aromatic carbocycles. The summed E-state index contributed by atoms with van der Waals surface area (Å²) in [5, 5.41) is 18.8. The van der Waals surface area contributed by atoms with Crippen molar-refractivity contribution in [1.29, 1.82) is 0 Å². The number of hydrogen-bond acceptors (Lipinski definition) is 6. The summed E-state index contributed by atoms with van der Waals surface area (Å²) in [4.78, 5) is 10.7. The van der Waals surface area contributed by atoms with Crippen LogP contribution in [0.5, 0.6) is 0 Å². The van der Waals surface area contributed by atoms with Gasteiger partial charge < -0.3 is 19.4 Å². The van der Waals surface area contributed by atoms with Crippen molar-refractivity contribution in [1.82, 2.24) is 4.72 Å². The highest BCUT2D eigenvalue weighted by Gasteiger charge is 2.22. The molecular formula is C15H17NO7S. The second-order valence-corrected chi connectivity index (χ2v) is 6.64. The molecule has 9 heteroatoms. The van der Waals surface area contributed by atoms with Gasteiger partial charge in [-0.3, -0.25) is 0 Å². The number of aromatic carboxylic acids is 1. The molecular weight excluding hydrogens is 338 g/mol. The molecule has 3 N–H and O–H groups in total. The van der Waals surface area contributed by atoms with Crippen LogP contribution >= 0.6 is 0 Å². The molecule has 0 saturated heterocycles. The van der Waals surface area contributed by atoms with Gasteiger partial charge in [0.1, 0.15) is 12.4 Å². The lowest BCUT2D eigenvalue weighted by molar-refractivity contribution is 0.0249. The molecule has 24 heavy (non-hydrogen) atoms. The molecule has 130 valence electrons. The smallest absolute Gasteiger partial charge is 0.337 e. The zero-order valence-electron chi connectivity index (χ0n) is 12.6. The Bertz CT molecular complexity index is 771. The lowest BCUT2D eigenvalue weighted by Crippen LogP contribution is -2.35. The third-order valence-electron chi connectivity index (χ3n) is 3.05. The lowest BCUT2D eigenvalue weighted by atomic mass is 10.2. The predicted octanol–water partition coefficient (Wildman–Crippen LogP) is 0.834. The zero-order chi connectivity index (χ0) is 17.6. The number of carbonyl (C=O) groups is 1. The van der Waals surface area contributed by atoms with Gasteiger partial charge >= 0.3 is 5.97 Å². The van der Waals surface area contributed by atoms with E-state index in [4.69, 9.17) is 14.3 Å². The van der Waals surface area contributed by atoms with Gasteiger partial charge in [-0.25, -0.2) is 17.9 Å². The van der Waals surface area contributed by atoms with E-state index in [1.165, 1.54) is 30.5 Å². The van der Waals surface area contributed by atoms with Gasteiger partial charge in [0.25, 0.3) is 0 Å². The molecule has 0 fully saturated rings. The van der Waals surface area contributed by atoms with Crippen LogP contribution in [0.3, 0.4) is 0 Å². The second kappa shape index (κ2) is 8.06. The molecule has 0 saturated carbocycles. The fourth-order valence-corrected chi connectivity index (χ4v) is 3.18. The molecule has 0 amide bonds. The first-order valence-electron chi connectivity index (χ1n) is 7.00. The van der Waals surface area contributed by atoms with Gasteiger partial charge in [0, 0.05) is 6.54 Å². The van der Waals surface area contributed by atoms with Crippen molar-refractivity contribution in [2.75, 3.05) is 13.2 Å². The summed E-state index contributed by atoms with van der Waals surface area (Å²) in [6.45, 7) is -0.267. The van der Waals surface area contributed by atoms with Gasteiger partial charge in [0.05, 0.1) is 29.4 Å². The molecule has 0 spiro atoms. The maximum Gasteiger partial charge on any atom is 0.337 e. The quantitative estimate of drug-likeness (QED) is 0.608.